The molecule has 0 unspecified atom stereocenters. The highest BCUT2D eigenvalue weighted by atomic mass is 32.1. The molecule has 3 nitrogen and oxygen atoms in total. The summed E-state index contributed by atoms with van der Waals surface area (Å²) in [6, 6.07) is 0. The normalized spacial score (nSPS) is 9.92. The van der Waals surface area contributed by atoms with Crippen molar-refractivity contribution in [1.82, 2.24) is 0 Å². The van der Waals surface area contributed by atoms with Crippen LogP contribution < -0.4 is 16.0 Å². The van der Waals surface area contributed by atoms with E-state index < -0.39 is 5.97 Å². The van der Waals surface area contributed by atoms with Crippen molar-refractivity contribution in [3.8, 4) is 0 Å². The Balaban J connectivity index is 3.01. The lowest BCUT2D eigenvalue weighted by atomic mass is 9.91. The van der Waals surface area contributed by atoms with Gasteiger partial charge in [-0.2, -0.15) is 0 Å². The number of nitrogen functional groups attached to an aromatic ring is 1. The topological polar surface area (TPSA) is 52.3 Å². The maximum atomic E-state index is 11.2. The molecule has 0 aromatic carbocycles. The fourth-order valence-electron chi connectivity index (χ4n) is 0.823. The zero-order chi connectivity index (χ0) is 10.0. The third kappa shape index (κ3) is 1.88. The van der Waals surface area contributed by atoms with Gasteiger partial charge in [0.1, 0.15) is 20.6 Å². The fourth-order valence-corrected chi connectivity index (χ4v) is 1.63. The Bertz CT molecular complexity index is 337. The molecule has 4 radical (unpaired) electrons. The second-order valence-corrected chi connectivity index (χ2v) is 3.40. The summed E-state index contributed by atoms with van der Waals surface area (Å²) in [7, 11) is 11.0. The highest BCUT2D eigenvalue weighted by molar-refractivity contribution is 7.23. The number of anilines is 1. The van der Waals surface area contributed by atoms with Gasteiger partial charge in [-0.25, -0.2) is 4.79 Å². The van der Waals surface area contributed by atoms with Crippen molar-refractivity contribution in [3.05, 3.63) is 4.88 Å². The predicted molar refractivity (Wildman–Crippen MR) is 55.5 cm³/mol. The average molecular weight is 191 g/mol. The van der Waals surface area contributed by atoms with Crippen molar-refractivity contribution < 1.29 is 9.53 Å². The monoisotopic (exact) mass is 191 g/mol. The molecule has 0 amide bonds. The molecular formula is C7H7B2NO2S. The number of thiophene rings is 1. The highest BCUT2D eigenvalue weighted by Gasteiger charge is 2.15. The van der Waals surface area contributed by atoms with Gasteiger partial charge in [0.15, 0.2) is 0 Å². The molecule has 0 saturated heterocycles. The first kappa shape index (κ1) is 10.2. The highest BCUT2D eigenvalue weighted by Crippen LogP contribution is 2.10. The Morgan fingerprint density at radius 2 is 2.23 bits per heavy atom. The van der Waals surface area contributed by atoms with E-state index in [0.717, 1.165) is 11.3 Å². The summed E-state index contributed by atoms with van der Waals surface area (Å²) >= 11 is 1.04. The van der Waals surface area contributed by atoms with E-state index in [2.05, 4.69) is 0 Å². The van der Waals surface area contributed by atoms with Crippen LogP contribution in [-0.2, 0) is 4.74 Å². The molecule has 6 heteroatoms. The van der Waals surface area contributed by atoms with Gasteiger partial charge in [0, 0.05) is 5.69 Å². The maximum absolute atomic E-state index is 11.2. The second-order valence-electron chi connectivity index (χ2n) is 2.34. The minimum absolute atomic E-state index is 0.209. The van der Waals surface area contributed by atoms with Gasteiger partial charge in [-0.05, 0) is 17.2 Å². The number of carbonyl (C=O) groups is 1. The Morgan fingerprint density at radius 1 is 1.62 bits per heavy atom. The zero-order valence-electron chi connectivity index (χ0n) is 7.16. The minimum atomic E-state index is -0.478. The van der Waals surface area contributed by atoms with Crippen LogP contribution in [0.15, 0.2) is 0 Å². The molecule has 2 N–H and O–H groups in total. The number of esters is 1. The van der Waals surface area contributed by atoms with Gasteiger partial charge in [0.05, 0.1) is 6.61 Å². The molecule has 0 bridgehead atoms. The van der Waals surface area contributed by atoms with Gasteiger partial charge >= 0.3 is 5.97 Å². The molecule has 0 saturated carbocycles. The molecule has 0 atom stereocenters. The van der Waals surface area contributed by atoms with E-state index in [0.29, 0.717) is 11.4 Å². The van der Waals surface area contributed by atoms with Crippen LogP contribution in [-0.4, -0.2) is 28.3 Å². The number of hydrogen-bond acceptors (Lipinski definition) is 4. The molecular weight excluding hydrogens is 184 g/mol. The summed E-state index contributed by atoms with van der Waals surface area (Å²) in [5, 5.41) is 0. The molecule has 0 aliphatic carbocycles. The molecule has 0 fully saturated rings. The van der Waals surface area contributed by atoms with Gasteiger partial charge in [-0.1, -0.05) is 0 Å². The fraction of sp³-hybridized carbons (Fsp3) is 0.286. The predicted octanol–water partition coefficient (Wildman–Crippen LogP) is -0.905. The van der Waals surface area contributed by atoms with Crippen LogP contribution in [0.25, 0.3) is 0 Å². The number of carbonyl (C=O) groups excluding carboxylic acids is 1. The third-order valence-electron chi connectivity index (χ3n) is 1.47. The summed E-state index contributed by atoms with van der Waals surface area (Å²) in [6.07, 6.45) is 0. The maximum Gasteiger partial charge on any atom is 0.347 e. The van der Waals surface area contributed by atoms with Gasteiger partial charge in [-0.15, -0.1) is 11.3 Å². The van der Waals surface area contributed by atoms with E-state index >= 15 is 0 Å². The first-order valence-corrected chi connectivity index (χ1v) is 4.49. The van der Waals surface area contributed by atoms with Crippen LogP contribution >= 0.6 is 11.3 Å². The van der Waals surface area contributed by atoms with Crippen molar-refractivity contribution in [1.29, 1.82) is 0 Å². The molecule has 0 aliphatic heterocycles. The third-order valence-corrected chi connectivity index (χ3v) is 2.50. The quantitative estimate of drug-likeness (QED) is 0.486. The standard InChI is InChI=1S/C7H7B2NO2S/c1-2-12-7(11)5-3(8)4(10)6(9)13-5/h2,10H2,1H3. The van der Waals surface area contributed by atoms with Crippen LogP contribution in [0.5, 0.6) is 0 Å². The van der Waals surface area contributed by atoms with Gasteiger partial charge in [0.2, 0.25) is 0 Å². The molecule has 64 valence electrons. The first-order valence-electron chi connectivity index (χ1n) is 3.68. The van der Waals surface area contributed by atoms with Crippen molar-refractivity contribution in [2.24, 2.45) is 0 Å². The van der Waals surface area contributed by atoms with Gasteiger partial charge in [0.25, 0.3) is 0 Å². The van der Waals surface area contributed by atoms with Crippen molar-refractivity contribution in [2.75, 3.05) is 12.3 Å². The van der Waals surface area contributed by atoms with Crippen molar-refractivity contribution in [2.45, 2.75) is 6.92 Å². The molecule has 13 heavy (non-hydrogen) atoms. The lowest BCUT2D eigenvalue weighted by molar-refractivity contribution is 0.0533. The number of ether oxygens (including phenoxy) is 1. The van der Waals surface area contributed by atoms with Gasteiger partial charge in [-0.3, -0.25) is 0 Å². The van der Waals surface area contributed by atoms with Crippen molar-refractivity contribution >= 4 is 48.9 Å². The summed E-state index contributed by atoms with van der Waals surface area (Å²) < 4.78 is 5.11. The molecule has 1 rings (SSSR count). The van der Waals surface area contributed by atoms with Crippen LogP contribution in [0.4, 0.5) is 5.69 Å². The molecule has 1 heterocycles. The minimum Gasteiger partial charge on any atom is -0.462 e. The van der Waals surface area contributed by atoms with Crippen LogP contribution in [0.1, 0.15) is 16.6 Å². The number of rotatable bonds is 2. The van der Waals surface area contributed by atoms with Crippen LogP contribution in [0.3, 0.4) is 0 Å². The van der Waals surface area contributed by atoms with Crippen LogP contribution in [0.2, 0.25) is 0 Å². The SMILES string of the molecule is [B]c1sc(C(=O)OCC)c([B])c1N. The Kier molecular flexibility index (Phi) is 3.03. The summed E-state index contributed by atoms with van der Waals surface area (Å²) in [6.45, 7) is 2.02. The van der Waals surface area contributed by atoms with E-state index in [-0.39, 0.29) is 16.0 Å². The number of hydrogen-bond donors (Lipinski definition) is 1. The second kappa shape index (κ2) is 3.87. The molecule has 0 aliphatic rings. The Hall–Kier alpha value is -0.900. The smallest absolute Gasteiger partial charge is 0.347 e. The lowest BCUT2D eigenvalue weighted by Crippen LogP contribution is -2.18. The largest absolute Gasteiger partial charge is 0.462 e. The van der Waals surface area contributed by atoms with E-state index in [9.17, 15) is 4.79 Å². The number of nitrogens with two attached hydrogens (primary N) is 1. The average Bonchev–Trinajstić information content (AvgIpc) is 2.33. The zero-order valence-corrected chi connectivity index (χ0v) is 7.98. The Labute approximate surface area is 83.1 Å². The lowest BCUT2D eigenvalue weighted by Gasteiger charge is -1.99. The van der Waals surface area contributed by atoms with E-state index in [1.807, 2.05) is 0 Å². The van der Waals surface area contributed by atoms with Gasteiger partial charge < -0.3 is 10.5 Å². The summed E-state index contributed by atoms with van der Waals surface area (Å²) in [5.41, 5.74) is 5.96. The molecule has 1 aromatic heterocycles. The van der Waals surface area contributed by atoms with E-state index in [1.54, 1.807) is 6.92 Å². The first-order chi connectivity index (χ1) is 6.07. The summed E-state index contributed by atoms with van der Waals surface area (Å²) in [5.74, 6) is -0.478. The van der Waals surface area contributed by atoms with E-state index in [4.69, 9.17) is 26.2 Å². The summed E-state index contributed by atoms with van der Waals surface area (Å²) in [4.78, 5) is 11.5. The Morgan fingerprint density at radius 3 is 2.62 bits per heavy atom. The molecule has 0 spiro atoms. The van der Waals surface area contributed by atoms with Crippen LogP contribution in [0, 0.1) is 0 Å². The van der Waals surface area contributed by atoms with Crippen molar-refractivity contribution in [3.63, 3.8) is 0 Å². The van der Waals surface area contributed by atoms with E-state index in [1.165, 1.54) is 0 Å². The molecule has 1 aromatic rings.